The number of ether oxygens (including phenoxy) is 1. The Labute approximate surface area is 205 Å². The van der Waals surface area contributed by atoms with E-state index in [2.05, 4.69) is 23.1 Å². The van der Waals surface area contributed by atoms with Gasteiger partial charge in [0, 0.05) is 27.4 Å². The zero-order chi connectivity index (χ0) is 21.6. The number of likely N-dealkylation sites (tertiary alicyclic amines) is 1. The second-order valence-corrected chi connectivity index (χ2v) is 10.1. The van der Waals surface area contributed by atoms with Crippen LogP contribution in [-0.4, -0.2) is 42.2 Å². The molecule has 2 unspecified atom stereocenters. The van der Waals surface area contributed by atoms with E-state index in [1.807, 2.05) is 18.2 Å². The fourth-order valence-corrected chi connectivity index (χ4v) is 6.12. The number of rotatable bonds is 6. The van der Waals surface area contributed by atoms with Crippen molar-refractivity contribution in [1.29, 1.82) is 0 Å². The number of hydrogen-bond acceptors (Lipinski definition) is 3. The predicted octanol–water partition coefficient (Wildman–Crippen LogP) is 6.28. The molecule has 1 saturated carbocycles. The number of aliphatic carboxylic acids is 1. The second-order valence-electron chi connectivity index (χ2n) is 9.25. The van der Waals surface area contributed by atoms with Crippen LogP contribution in [0.3, 0.4) is 0 Å². The molecule has 1 saturated heterocycles. The fourth-order valence-electron chi connectivity index (χ4n) is 5.44. The van der Waals surface area contributed by atoms with Crippen molar-refractivity contribution >= 4 is 41.6 Å². The molecule has 32 heavy (non-hydrogen) atoms. The first kappa shape index (κ1) is 23.7. The van der Waals surface area contributed by atoms with E-state index in [0.29, 0.717) is 11.8 Å². The molecule has 0 bridgehead atoms. The number of carboxylic acid groups (broad SMARTS) is 1. The van der Waals surface area contributed by atoms with Crippen LogP contribution in [0.1, 0.15) is 60.6 Å². The molecular weight excluding hydrogens is 469 g/mol. The predicted molar refractivity (Wildman–Crippen MR) is 130 cm³/mol. The molecule has 0 aromatic heterocycles. The van der Waals surface area contributed by atoms with Crippen molar-refractivity contribution in [2.45, 2.75) is 49.4 Å². The molecule has 0 radical (unpaired) electrons. The van der Waals surface area contributed by atoms with Crippen molar-refractivity contribution in [2.75, 3.05) is 26.2 Å². The summed E-state index contributed by atoms with van der Waals surface area (Å²) in [7, 11) is 0. The molecule has 1 aliphatic carbocycles. The minimum absolute atomic E-state index is 0. The summed E-state index contributed by atoms with van der Waals surface area (Å²) >= 11 is 12.9. The average Bonchev–Trinajstić information content (AvgIpc) is 3.45. The van der Waals surface area contributed by atoms with Crippen molar-refractivity contribution in [3.8, 4) is 5.75 Å². The summed E-state index contributed by atoms with van der Waals surface area (Å²) in [6.07, 6.45) is 4.16. The lowest BCUT2D eigenvalue weighted by atomic mass is 9.74. The number of fused-ring (bicyclic) bond motifs is 2. The lowest BCUT2D eigenvalue weighted by Crippen LogP contribution is -2.43. The van der Waals surface area contributed by atoms with Crippen molar-refractivity contribution in [2.24, 2.45) is 0 Å². The third kappa shape index (κ3) is 4.48. The van der Waals surface area contributed by atoms with E-state index in [0.717, 1.165) is 73.3 Å². The highest BCUT2D eigenvalue weighted by atomic mass is 35.5. The lowest BCUT2D eigenvalue weighted by molar-refractivity contribution is -0.137. The monoisotopic (exact) mass is 495 g/mol. The molecule has 4 nitrogen and oxygen atoms in total. The summed E-state index contributed by atoms with van der Waals surface area (Å²) in [6.45, 7) is 3.61. The molecule has 2 aromatic rings. The van der Waals surface area contributed by atoms with Gasteiger partial charge in [-0.05, 0) is 86.5 Å². The first-order valence-corrected chi connectivity index (χ1v) is 11.9. The molecule has 7 heteroatoms. The smallest absolute Gasteiger partial charge is 0.303 e. The Morgan fingerprint density at radius 3 is 2.53 bits per heavy atom. The van der Waals surface area contributed by atoms with Gasteiger partial charge < -0.3 is 14.7 Å². The minimum Gasteiger partial charge on any atom is -0.492 e. The molecule has 2 aliphatic heterocycles. The highest BCUT2D eigenvalue weighted by molar-refractivity contribution is 6.36. The second kappa shape index (κ2) is 9.42. The van der Waals surface area contributed by atoms with Crippen LogP contribution in [0, 0.1) is 0 Å². The van der Waals surface area contributed by atoms with Crippen LogP contribution < -0.4 is 4.74 Å². The fraction of sp³-hybridized carbons (Fsp3) is 0.480. The quantitative estimate of drug-likeness (QED) is 0.511. The van der Waals surface area contributed by atoms with E-state index < -0.39 is 5.97 Å². The zero-order valence-corrected chi connectivity index (χ0v) is 20.2. The van der Waals surface area contributed by atoms with Crippen LogP contribution in [0.25, 0.3) is 0 Å². The zero-order valence-electron chi connectivity index (χ0n) is 17.9. The Morgan fingerprint density at radius 2 is 1.84 bits per heavy atom. The largest absolute Gasteiger partial charge is 0.492 e. The van der Waals surface area contributed by atoms with E-state index in [4.69, 9.17) is 33.0 Å². The lowest BCUT2D eigenvalue weighted by Gasteiger charge is -2.38. The highest BCUT2D eigenvalue weighted by Crippen LogP contribution is 2.59. The summed E-state index contributed by atoms with van der Waals surface area (Å²) in [5.41, 5.74) is 3.83. The van der Waals surface area contributed by atoms with Crippen LogP contribution in [-0.2, 0) is 10.2 Å². The Balaban J connectivity index is 0.00000245. The Bertz CT molecular complexity index is 984. The van der Waals surface area contributed by atoms with Gasteiger partial charge in [0.25, 0.3) is 0 Å². The van der Waals surface area contributed by atoms with Crippen LogP contribution in [0.4, 0.5) is 0 Å². The Morgan fingerprint density at radius 1 is 1.12 bits per heavy atom. The summed E-state index contributed by atoms with van der Waals surface area (Å²) in [4.78, 5) is 13.1. The molecule has 2 fully saturated rings. The van der Waals surface area contributed by atoms with Gasteiger partial charge in [-0.2, -0.15) is 0 Å². The van der Waals surface area contributed by atoms with Gasteiger partial charge >= 0.3 is 5.97 Å². The van der Waals surface area contributed by atoms with Gasteiger partial charge in [0.1, 0.15) is 5.75 Å². The molecular formula is C25H28Cl3NO3. The molecule has 2 atom stereocenters. The number of carboxylic acids is 1. The van der Waals surface area contributed by atoms with Gasteiger partial charge in [0.2, 0.25) is 0 Å². The number of hydrogen-bond donors (Lipinski definition) is 1. The Kier molecular flexibility index (Phi) is 6.97. The average molecular weight is 497 g/mol. The van der Waals surface area contributed by atoms with Gasteiger partial charge in [-0.15, -0.1) is 12.4 Å². The summed E-state index contributed by atoms with van der Waals surface area (Å²) in [5.74, 6) is 1.15. The number of nitrogens with zero attached hydrogens (tertiary/aromatic N) is 1. The van der Waals surface area contributed by atoms with Crippen LogP contribution >= 0.6 is 35.6 Å². The third-order valence-corrected chi connectivity index (χ3v) is 8.01. The van der Waals surface area contributed by atoms with E-state index in [-0.39, 0.29) is 24.2 Å². The number of halogens is 3. The highest BCUT2D eigenvalue weighted by Gasteiger charge is 2.45. The molecule has 0 amide bonds. The van der Waals surface area contributed by atoms with Gasteiger partial charge in [-0.3, -0.25) is 4.79 Å². The van der Waals surface area contributed by atoms with Gasteiger partial charge in [-0.25, -0.2) is 0 Å². The summed E-state index contributed by atoms with van der Waals surface area (Å²) in [6, 6.07) is 12.5. The summed E-state index contributed by atoms with van der Waals surface area (Å²) in [5, 5.41) is 10.4. The van der Waals surface area contributed by atoms with E-state index in [1.165, 1.54) is 11.1 Å². The van der Waals surface area contributed by atoms with Crippen molar-refractivity contribution in [1.82, 2.24) is 4.90 Å². The van der Waals surface area contributed by atoms with Gasteiger partial charge in [0.05, 0.1) is 6.61 Å². The first-order chi connectivity index (χ1) is 15.0. The molecule has 172 valence electrons. The van der Waals surface area contributed by atoms with Crippen LogP contribution in [0.15, 0.2) is 36.4 Å². The summed E-state index contributed by atoms with van der Waals surface area (Å²) < 4.78 is 6.20. The molecule has 1 N–H and O–H groups in total. The van der Waals surface area contributed by atoms with Gasteiger partial charge in [-0.1, -0.05) is 41.4 Å². The normalized spacial score (nSPS) is 23.3. The molecule has 1 spiro atoms. The van der Waals surface area contributed by atoms with Crippen molar-refractivity contribution in [3.63, 3.8) is 0 Å². The maximum absolute atomic E-state index is 10.7. The number of piperidine rings is 1. The number of benzene rings is 2. The Hall–Kier alpha value is -1.46. The van der Waals surface area contributed by atoms with E-state index in [9.17, 15) is 4.79 Å². The first-order valence-electron chi connectivity index (χ1n) is 11.1. The maximum atomic E-state index is 10.7. The molecule has 3 aliphatic rings. The molecule has 5 rings (SSSR count). The number of carbonyl (C=O) groups is 1. The van der Waals surface area contributed by atoms with Crippen molar-refractivity contribution < 1.29 is 14.6 Å². The SMILES string of the molecule is Cl.O=C(O)CCCN1CCC2(CC1)COc1cc(C3CC3c3c(Cl)cccc3Cl)ccc12. The third-order valence-electron chi connectivity index (χ3n) is 7.35. The maximum Gasteiger partial charge on any atom is 0.303 e. The van der Waals surface area contributed by atoms with Crippen molar-refractivity contribution in [3.05, 3.63) is 63.1 Å². The van der Waals surface area contributed by atoms with Crippen LogP contribution in [0.5, 0.6) is 5.75 Å². The van der Waals surface area contributed by atoms with Crippen LogP contribution in [0.2, 0.25) is 10.0 Å². The molecule has 2 aromatic carbocycles. The van der Waals surface area contributed by atoms with E-state index >= 15 is 0 Å². The van der Waals surface area contributed by atoms with E-state index in [1.54, 1.807) is 0 Å². The van der Waals surface area contributed by atoms with Gasteiger partial charge in [0.15, 0.2) is 0 Å². The molecule has 2 heterocycles. The topological polar surface area (TPSA) is 49.8 Å². The minimum atomic E-state index is -0.711. The standard InChI is InChI=1S/C25H27Cl2NO3.ClH/c26-20-3-1-4-21(27)24(20)18-14-17(18)16-6-7-19-22(13-16)31-15-25(19)8-11-28(12-9-25)10-2-5-23(29)30;/h1,3-4,6-7,13,17-18H,2,5,8-12,14-15H2,(H,29,30);1H.